The summed E-state index contributed by atoms with van der Waals surface area (Å²) >= 11 is 0. The Morgan fingerprint density at radius 3 is 3.00 bits per heavy atom. The number of nitrogens with one attached hydrogen (secondary N) is 1. The first kappa shape index (κ1) is 7.84. The van der Waals surface area contributed by atoms with Crippen LogP contribution in [0.4, 0.5) is 0 Å². The average Bonchev–Trinajstić information content (AvgIpc) is 2.60. The third-order valence-electron chi connectivity index (χ3n) is 2.80. The summed E-state index contributed by atoms with van der Waals surface area (Å²) in [4.78, 5) is 8.04. The Labute approximate surface area is 73.4 Å². The van der Waals surface area contributed by atoms with Gasteiger partial charge in [-0.05, 0) is 25.7 Å². The molecule has 0 aliphatic heterocycles. The van der Waals surface area contributed by atoms with Gasteiger partial charge in [-0.15, -0.1) is 0 Å². The van der Waals surface area contributed by atoms with Crippen molar-refractivity contribution >= 4 is 0 Å². The van der Waals surface area contributed by atoms with Crippen molar-refractivity contribution in [3.05, 3.63) is 17.2 Å². The fourth-order valence-corrected chi connectivity index (χ4v) is 1.74. The molecule has 1 aliphatic rings. The molecule has 66 valence electrons. The van der Waals surface area contributed by atoms with E-state index in [0.717, 1.165) is 0 Å². The summed E-state index contributed by atoms with van der Waals surface area (Å²) in [5, 5.41) is 0. The molecule has 0 amide bonds. The Kier molecular flexibility index (Phi) is 1.91. The lowest BCUT2D eigenvalue weighted by atomic mass is 10.1. The minimum Gasteiger partial charge on any atom is -0.345 e. The highest BCUT2D eigenvalue weighted by atomic mass is 14.9. The van der Waals surface area contributed by atoms with Crippen LogP contribution in [-0.2, 0) is 12.8 Å². The molecule has 1 atom stereocenters. The zero-order valence-corrected chi connectivity index (χ0v) is 7.85. The molecule has 0 saturated heterocycles. The van der Waals surface area contributed by atoms with Crippen LogP contribution in [0.1, 0.15) is 49.8 Å². The molecule has 2 nitrogen and oxygen atoms in total. The second-order valence-electron chi connectivity index (χ2n) is 3.71. The van der Waals surface area contributed by atoms with Crippen LogP contribution in [0, 0.1) is 0 Å². The first-order chi connectivity index (χ1) is 5.81. The molecule has 0 radical (unpaired) electrons. The highest BCUT2D eigenvalue weighted by Crippen LogP contribution is 2.23. The smallest absolute Gasteiger partial charge is 0.109 e. The first-order valence-corrected chi connectivity index (χ1v) is 4.89. The van der Waals surface area contributed by atoms with Gasteiger partial charge in [-0.25, -0.2) is 4.98 Å². The number of hydrogen-bond donors (Lipinski definition) is 1. The topological polar surface area (TPSA) is 28.7 Å². The number of nitrogens with zero attached hydrogens (tertiary/aromatic N) is 1. The predicted molar refractivity (Wildman–Crippen MR) is 49.3 cm³/mol. The molecule has 12 heavy (non-hydrogen) atoms. The molecule has 0 spiro atoms. The van der Waals surface area contributed by atoms with Crippen LogP contribution in [0.25, 0.3) is 0 Å². The number of rotatable bonds is 2. The second-order valence-corrected chi connectivity index (χ2v) is 3.71. The van der Waals surface area contributed by atoms with E-state index in [9.17, 15) is 0 Å². The lowest BCUT2D eigenvalue weighted by Gasteiger charge is -2.03. The molecule has 1 heterocycles. The van der Waals surface area contributed by atoms with Gasteiger partial charge in [-0.2, -0.15) is 0 Å². The van der Waals surface area contributed by atoms with Crippen LogP contribution in [0.15, 0.2) is 0 Å². The monoisotopic (exact) mass is 164 g/mol. The van der Waals surface area contributed by atoms with Crippen molar-refractivity contribution in [3.8, 4) is 0 Å². The molecule has 0 aromatic carbocycles. The van der Waals surface area contributed by atoms with Gasteiger partial charge in [-0.1, -0.05) is 13.8 Å². The van der Waals surface area contributed by atoms with Crippen LogP contribution in [0.3, 0.4) is 0 Å². The lowest BCUT2D eigenvalue weighted by molar-refractivity contribution is 0.679. The van der Waals surface area contributed by atoms with Crippen LogP contribution in [0.2, 0.25) is 0 Å². The van der Waals surface area contributed by atoms with E-state index < -0.39 is 0 Å². The fourth-order valence-electron chi connectivity index (χ4n) is 1.74. The van der Waals surface area contributed by atoms with E-state index in [1.54, 1.807) is 0 Å². The van der Waals surface area contributed by atoms with Crippen LogP contribution >= 0.6 is 0 Å². The zero-order valence-electron chi connectivity index (χ0n) is 7.85. The number of aromatic amines is 1. The van der Waals surface area contributed by atoms with Crippen LogP contribution in [0.5, 0.6) is 0 Å². The van der Waals surface area contributed by atoms with E-state index >= 15 is 0 Å². The number of fused-ring (bicyclic) bond motifs is 1. The zero-order chi connectivity index (χ0) is 8.55. The van der Waals surface area contributed by atoms with E-state index in [-0.39, 0.29) is 0 Å². The summed E-state index contributed by atoms with van der Waals surface area (Å²) in [5.41, 5.74) is 2.72. The van der Waals surface area contributed by atoms with Crippen molar-refractivity contribution in [1.29, 1.82) is 0 Å². The average molecular weight is 164 g/mol. The highest BCUT2D eigenvalue weighted by Gasteiger charge is 2.17. The predicted octanol–water partition coefficient (Wildman–Crippen LogP) is 2.41. The number of hydrogen-bond acceptors (Lipinski definition) is 1. The normalized spacial score (nSPS) is 17.8. The molecule has 2 rings (SSSR count). The van der Waals surface area contributed by atoms with Crippen molar-refractivity contribution < 1.29 is 0 Å². The lowest BCUT2D eigenvalue weighted by Crippen LogP contribution is -1.95. The Bertz CT molecular complexity index is 254. The van der Waals surface area contributed by atoms with E-state index in [1.807, 2.05) is 0 Å². The molecule has 0 saturated carbocycles. The number of imidazole rings is 1. The van der Waals surface area contributed by atoms with Gasteiger partial charge >= 0.3 is 0 Å². The molecule has 1 unspecified atom stereocenters. The fraction of sp³-hybridized carbons (Fsp3) is 0.700. The van der Waals surface area contributed by atoms with Gasteiger partial charge in [0.25, 0.3) is 0 Å². The molecule has 0 bridgehead atoms. The van der Waals surface area contributed by atoms with E-state index in [1.165, 1.54) is 42.9 Å². The number of H-pyrrole nitrogens is 1. The third kappa shape index (κ3) is 1.15. The molecule has 1 aromatic heterocycles. The van der Waals surface area contributed by atoms with Gasteiger partial charge in [-0.3, -0.25) is 0 Å². The van der Waals surface area contributed by atoms with Crippen molar-refractivity contribution in [2.24, 2.45) is 0 Å². The van der Waals surface area contributed by atoms with Crippen molar-refractivity contribution in [2.45, 2.75) is 45.4 Å². The van der Waals surface area contributed by atoms with E-state index in [4.69, 9.17) is 0 Å². The SMILES string of the molecule is CCC(C)c1nc2c([nH]1)CCC2. The van der Waals surface area contributed by atoms with Crippen LogP contribution in [-0.4, -0.2) is 9.97 Å². The standard InChI is InChI=1S/C10H16N2/c1-3-7(2)10-11-8-5-4-6-9(8)12-10/h7H,3-6H2,1-2H3,(H,11,12). The molecule has 1 N–H and O–H groups in total. The summed E-state index contributed by atoms with van der Waals surface area (Å²) in [5.74, 6) is 1.79. The summed E-state index contributed by atoms with van der Waals surface area (Å²) in [6.45, 7) is 4.44. The Morgan fingerprint density at radius 2 is 2.33 bits per heavy atom. The first-order valence-electron chi connectivity index (χ1n) is 4.89. The third-order valence-corrected chi connectivity index (χ3v) is 2.80. The van der Waals surface area contributed by atoms with Gasteiger partial charge in [0.2, 0.25) is 0 Å². The quantitative estimate of drug-likeness (QED) is 0.714. The van der Waals surface area contributed by atoms with Crippen molar-refractivity contribution in [2.75, 3.05) is 0 Å². The van der Waals surface area contributed by atoms with Gasteiger partial charge in [0.15, 0.2) is 0 Å². The molecular weight excluding hydrogens is 148 g/mol. The van der Waals surface area contributed by atoms with E-state index in [2.05, 4.69) is 23.8 Å². The molecule has 1 aromatic rings. The van der Waals surface area contributed by atoms with E-state index in [0.29, 0.717) is 5.92 Å². The number of aromatic nitrogens is 2. The highest BCUT2D eigenvalue weighted by molar-refractivity contribution is 5.20. The summed E-state index contributed by atoms with van der Waals surface area (Å²) in [6.07, 6.45) is 4.85. The Balaban J connectivity index is 2.25. The molecular formula is C10H16N2. The molecule has 0 fully saturated rings. The van der Waals surface area contributed by atoms with Crippen LogP contribution < -0.4 is 0 Å². The minimum atomic E-state index is 0.593. The Hall–Kier alpha value is -0.790. The maximum atomic E-state index is 4.61. The summed E-state index contributed by atoms with van der Waals surface area (Å²) in [6, 6.07) is 0. The second kappa shape index (κ2) is 2.92. The van der Waals surface area contributed by atoms with Gasteiger partial charge in [0.1, 0.15) is 5.82 Å². The van der Waals surface area contributed by atoms with Gasteiger partial charge < -0.3 is 4.98 Å². The molecule has 1 aliphatic carbocycles. The summed E-state index contributed by atoms with van der Waals surface area (Å²) in [7, 11) is 0. The van der Waals surface area contributed by atoms with Gasteiger partial charge in [0.05, 0.1) is 5.69 Å². The largest absolute Gasteiger partial charge is 0.345 e. The van der Waals surface area contributed by atoms with Crippen molar-refractivity contribution in [3.63, 3.8) is 0 Å². The maximum Gasteiger partial charge on any atom is 0.109 e. The number of aryl methyl sites for hydroxylation is 2. The summed E-state index contributed by atoms with van der Waals surface area (Å²) < 4.78 is 0. The van der Waals surface area contributed by atoms with Crippen molar-refractivity contribution in [1.82, 2.24) is 9.97 Å². The van der Waals surface area contributed by atoms with Gasteiger partial charge in [0, 0.05) is 11.6 Å². The minimum absolute atomic E-state index is 0.593. The molecule has 2 heteroatoms. The Morgan fingerprint density at radius 1 is 1.50 bits per heavy atom. The maximum absolute atomic E-state index is 4.61.